The molecule has 0 spiro atoms. The predicted octanol–water partition coefficient (Wildman–Crippen LogP) is 1.58. The zero-order valence-corrected chi connectivity index (χ0v) is 13.2. The maximum absolute atomic E-state index is 5.83. The van der Waals surface area contributed by atoms with Crippen LogP contribution >= 0.6 is 0 Å². The van der Waals surface area contributed by atoms with E-state index in [1.165, 1.54) is 32.1 Å². The van der Waals surface area contributed by atoms with Crippen LogP contribution in [0.3, 0.4) is 0 Å². The Hall–Kier alpha value is -0.810. The zero-order chi connectivity index (χ0) is 14.6. The maximum Gasteiger partial charge on any atom is 0.188 e. The van der Waals surface area contributed by atoms with Crippen molar-refractivity contribution in [3.8, 4) is 0 Å². The summed E-state index contributed by atoms with van der Waals surface area (Å²) in [6.45, 7) is 6.16. The van der Waals surface area contributed by atoms with Crippen LogP contribution in [0.15, 0.2) is 4.99 Å². The van der Waals surface area contributed by atoms with Gasteiger partial charge in [-0.05, 0) is 33.2 Å². The van der Waals surface area contributed by atoms with Gasteiger partial charge in [-0.1, -0.05) is 19.3 Å². The largest absolute Gasteiger partial charge is 0.382 e. The fourth-order valence-corrected chi connectivity index (χ4v) is 2.63. The topological polar surface area (TPSA) is 62.9 Å². The average Bonchev–Trinajstić information content (AvgIpc) is 2.48. The number of hydrogen-bond acceptors (Lipinski definition) is 3. The van der Waals surface area contributed by atoms with Gasteiger partial charge >= 0.3 is 0 Å². The van der Waals surface area contributed by atoms with Crippen molar-refractivity contribution in [2.45, 2.75) is 51.5 Å². The highest BCUT2D eigenvalue weighted by atomic mass is 16.5. The Bertz CT molecular complexity index is 265. The summed E-state index contributed by atoms with van der Waals surface area (Å²) < 4.78 is 5.26. The first-order chi connectivity index (χ1) is 9.74. The summed E-state index contributed by atoms with van der Waals surface area (Å²) >= 11 is 0. The molecule has 0 saturated heterocycles. The van der Waals surface area contributed by atoms with Crippen molar-refractivity contribution in [1.82, 2.24) is 10.2 Å². The lowest BCUT2D eigenvalue weighted by molar-refractivity contribution is 0.146. The van der Waals surface area contributed by atoms with Crippen molar-refractivity contribution in [2.75, 3.05) is 39.9 Å². The molecule has 3 N–H and O–H groups in total. The molecule has 5 heteroatoms. The van der Waals surface area contributed by atoms with Gasteiger partial charge in [0.05, 0.1) is 0 Å². The van der Waals surface area contributed by atoms with Crippen LogP contribution in [-0.4, -0.2) is 56.8 Å². The van der Waals surface area contributed by atoms with Crippen LogP contribution in [0.25, 0.3) is 0 Å². The summed E-state index contributed by atoms with van der Waals surface area (Å²) in [5.41, 5.74) is 5.83. The minimum Gasteiger partial charge on any atom is -0.382 e. The van der Waals surface area contributed by atoms with Crippen molar-refractivity contribution >= 4 is 5.96 Å². The Morgan fingerprint density at radius 3 is 2.80 bits per heavy atom. The highest BCUT2D eigenvalue weighted by Crippen LogP contribution is 2.21. The fraction of sp³-hybridized carbons (Fsp3) is 0.933. The van der Waals surface area contributed by atoms with Crippen molar-refractivity contribution in [1.29, 1.82) is 0 Å². The van der Waals surface area contributed by atoms with Crippen LogP contribution in [-0.2, 0) is 4.74 Å². The molecule has 1 fully saturated rings. The van der Waals surface area contributed by atoms with E-state index < -0.39 is 0 Å². The molecule has 0 aromatic heterocycles. The highest BCUT2D eigenvalue weighted by Gasteiger charge is 2.17. The second-order valence-electron chi connectivity index (χ2n) is 5.52. The monoisotopic (exact) mass is 284 g/mol. The van der Waals surface area contributed by atoms with Crippen LogP contribution in [0, 0.1) is 0 Å². The van der Waals surface area contributed by atoms with Crippen molar-refractivity contribution in [3.63, 3.8) is 0 Å². The van der Waals surface area contributed by atoms with E-state index in [9.17, 15) is 0 Å². The molecule has 0 unspecified atom stereocenters. The number of aliphatic imine (C=N–C) groups is 1. The van der Waals surface area contributed by atoms with Gasteiger partial charge in [0.15, 0.2) is 5.96 Å². The first kappa shape index (κ1) is 17.2. The lowest BCUT2D eigenvalue weighted by Gasteiger charge is -2.31. The van der Waals surface area contributed by atoms with Gasteiger partial charge < -0.3 is 20.7 Å². The Kier molecular flexibility index (Phi) is 9.41. The van der Waals surface area contributed by atoms with E-state index in [-0.39, 0.29) is 0 Å². The third-order valence-electron chi connectivity index (χ3n) is 3.90. The van der Waals surface area contributed by atoms with E-state index >= 15 is 0 Å². The number of nitrogens with two attached hydrogens (primary N) is 1. The lowest BCUT2D eigenvalue weighted by Crippen LogP contribution is -2.41. The summed E-state index contributed by atoms with van der Waals surface area (Å²) in [5, 5.41) is 3.19. The summed E-state index contributed by atoms with van der Waals surface area (Å²) in [4.78, 5) is 6.74. The third kappa shape index (κ3) is 7.70. The zero-order valence-electron chi connectivity index (χ0n) is 13.2. The third-order valence-corrected chi connectivity index (χ3v) is 3.90. The normalized spacial score (nSPS) is 17.6. The Morgan fingerprint density at radius 1 is 1.35 bits per heavy atom. The number of ether oxygens (including phenoxy) is 1. The molecule has 20 heavy (non-hydrogen) atoms. The number of nitrogens with zero attached hydrogens (tertiary/aromatic N) is 2. The van der Waals surface area contributed by atoms with E-state index in [0.29, 0.717) is 5.96 Å². The molecule has 0 aliphatic heterocycles. The minimum absolute atomic E-state index is 0.554. The molecule has 0 bridgehead atoms. The smallest absolute Gasteiger partial charge is 0.188 e. The number of likely N-dealkylation sites (N-methyl/N-ethyl adjacent to an activating group) is 1. The van der Waals surface area contributed by atoms with Crippen LogP contribution in [0.5, 0.6) is 0 Å². The van der Waals surface area contributed by atoms with Gasteiger partial charge in [0.2, 0.25) is 0 Å². The van der Waals surface area contributed by atoms with Gasteiger partial charge in [-0.2, -0.15) is 0 Å². The van der Waals surface area contributed by atoms with Crippen LogP contribution in [0.2, 0.25) is 0 Å². The molecule has 0 heterocycles. The van der Waals surface area contributed by atoms with Crippen molar-refractivity contribution in [3.05, 3.63) is 0 Å². The van der Waals surface area contributed by atoms with E-state index in [0.717, 1.165) is 45.3 Å². The van der Waals surface area contributed by atoms with E-state index in [4.69, 9.17) is 10.5 Å². The number of nitrogens with one attached hydrogen (secondary N) is 1. The quantitative estimate of drug-likeness (QED) is 0.383. The summed E-state index contributed by atoms with van der Waals surface area (Å²) in [7, 11) is 2.22. The van der Waals surface area contributed by atoms with Crippen LogP contribution < -0.4 is 11.1 Å². The molecule has 0 aromatic carbocycles. The van der Waals surface area contributed by atoms with Gasteiger partial charge in [-0.25, -0.2) is 0 Å². The maximum atomic E-state index is 5.83. The first-order valence-electron chi connectivity index (χ1n) is 8.05. The molecule has 0 radical (unpaired) electrons. The Morgan fingerprint density at radius 2 is 2.10 bits per heavy atom. The summed E-state index contributed by atoms with van der Waals surface area (Å²) in [6.07, 6.45) is 7.79. The van der Waals surface area contributed by atoms with E-state index in [2.05, 4.69) is 22.3 Å². The second kappa shape index (κ2) is 10.9. The molecule has 1 rings (SSSR count). The number of rotatable bonds is 9. The number of guanidine groups is 1. The minimum atomic E-state index is 0.554. The molecule has 0 amide bonds. The highest BCUT2D eigenvalue weighted by molar-refractivity contribution is 5.77. The molecular formula is C15H32N4O. The lowest BCUT2D eigenvalue weighted by atomic mass is 9.94. The SMILES string of the molecule is CCOCCCN=C(N)NCCN(C)C1CCCCC1. The molecule has 5 nitrogen and oxygen atoms in total. The second-order valence-corrected chi connectivity index (χ2v) is 5.52. The van der Waals surface area contributed by atoms with Gasteiger partial charge in [-0.15, -0.1) is 0 Å². The summed E-state index contributed by atoms with van der Waals surface area (Å²) in [6, 6.07) is 0.759. The Labute approximate surface area is 124 Å². The summed E-state index contributed by atoms with van der Waals surface area (Å²) in [5.74, 6) is 0.554. The molecule has 1 saturated carbocycles. The van der Waals surface area contributed by atoms with Gasteiger partial charge in [0.25, 0.3) is 0 Å². The molecular weight excluding hydrogens is 252 g/mol. The van der Waals surface area contributed by atoms with Crippen LogP contribution in [0.1, 0.15) is 45.4 Å². The molecule has 0 aromatic rings. The standard InChI is InChI=1S/C15H32N4O/c1-3-20-13-7-10-17-15(16)18-11-12-19(2)14-8-5-4-6-9-14/h14H,3-13H2,1-2H3,(H3,16,17,18). The van der Waals surface area contributed by atoms with Gasteiger partial charge in [-0.3, -0.25) is 4.99 Å². The van der Waals surface area contributed by atoms with Crippen molar-refractivity contribution in [2.24, 2.45) is 10.7 Å². The predicted molar refractivity (Wildman–Crippen MR) is 85.1 cm³/mol. The fourth-order valence-electron chi connectivity index (χ4n) is 2.63. The van der Waals surface area contributed by atoms with Gasteiger partial charge in [0, 0.05) is 38.9 Å². The Balaban J connectivity index is 2.05. The molecule has 118 valence electrons. The molecule has 1 aliphatic carbocycles. The van der Waals surface area contributed by atoms with E-state index in [1.54, 1.807) is 0 Å². The molecule has 0 atom stereocenters. The van der Waals surface area contributed by atoms with Crippen molar-refractivity contribution < 1.29 is 4.74 Å². The average molecular weight is 284 g/mol. The molecule has 1 aliphatic rings. The van der Waals surface area contributed by atoms with Crippen LogP contribution in [0.4, 0.5) is 0 Å². The first-order valence-corrected chi connectivity index (χ1v) is 8.05. The van der Waals surface area contributed by atoms with E-state index in [1.807, 2.05) is 6.92 Å². The number of hydrogen-bond donors (Lipinski definition) is 2. The van der Waals surface area contributed by atoms with Gasteiger partial charge in [0.1, 0.15) is 0 Å².